The minimum Gasteiger partial charge on any atom is -0.490 e. The fourth-order valence-electron chi connectivity index (χ4n) is 2.04. The van der Waals surface area contributed by atoms with Gasteiger partial charge in [-0.05, 0) is 39.2 Å². The van der Waals surface area contributed by atoms with Crippen LogP contribution in [0.25, 0.3) is 10.6 Å². The van der Waals surface area contributed by atoms with Crippen molar-refractivity contribution in [1.82, 2.24) is 9.88 Å². The summed E-state index contributed by atoms with van der Waals surface area (Å²) in [4.78, 5) is 17.2. The third-order valence-electron chi connectivity index (χ3n) is 3.17. The second-order valence-corrected chi connectivity index (χ2v) is 6.32. The number of carboxylic acids is 1. The molecular formula is C17H22N2O4S. The van der Waals surface area contributed by atoms with Crippen molar-refractivity contribution in [2.45, 2.75) is 13.3 Å². The van der Waals surface area contributed by atoms with Gasteiger partial charge in [-0.3, -0.25) is 4.79 Å². The molecule has 0 radical (unpaired) electrons. The zero-order chi connectivity index (χ0) is 17.5. The number of thiazole rings is 1. The number of carboxylic acid groups (broad SMARTS) is 1. The quantitative estimate of drug-likeness (QED) is 0.750. The summed E-state index contributed by atoms with van der Waals surface area (Å²) in [6.45, 7) is 3.85. The summed E-state index contributed by atoms with van der Waals surface area (Å²) in [5, 5.41) is 11.4. The number of carbonyl (C=O) groups is 1. The number of aliphatic carboxylic acids is 1. The number of likely N-dealkylation sites (N-methyl/N-ethyl adjacent to an activating group) is 1. The zero-order valence-electron chi connectivity index (χ0n) is 14.1. The van der Waals surface area contributed by atoms with E-state index >= 15 is 0 Å². The van der Waals surface area contributed by atoms with Gasteiger partial charge in [0.15, 0.2) is 11.5 Å². The monoisotopic (exact) mass is 350 g/mol. The molecule has 24 heavy (non-hydrogen) atoms. The molecule has 0 bridgehead atoms. The van der Waals surface area contributed by atoms with Gasteiger partial charge in [0.05, 0.1) is 18.7 Å². The Bertz CT molecular complexity index is 685. The first-order valence-corrected chi connectivity index (χ1v) is 8.58. The van der Waals surface area contributed by atoms with Gasteiger partial charge in [0, 0.05) is 17.5 Å². The summed E-state index contributed by atoms with van der Waals surface area (Å²) in [7, 11) is 3.99. The van der Waals surface area contributed by atoms with Crippen LogP contribution >= 0.6 is 11.3 Å². The summed E-state index contributed by atoms with van der Waals surface area (Å²) in [6, 6.07) is 5.67. The van der Waals surface area contributed by atoms with Crippen LogP contribution in [-0.4, -0.2) is 54.8 Å². The maximum atomic E-state index is 10.8. The van der Waals surface area contributed by atoms with Crippen molar-refractivity contribution in [2.24, 2.45) is 0 Å². The molecule has 0 fully saturated rings. The van der Waals surface area contributed by atoms with Crippen LogP contribution in [0, 0.1) is 0 Å². The Hall–Kier alpha value is -2.12. The molecule has 0 aliphatic rings. The fourth-order valence-corrected chi connectivity index (χ4v) is 2.86. The number of hydrogen-bond donors (Lipinski definition) is 1. The van der Waals surface area contributed by atoms with E-state index in [9.17, 15) is 4.79 Å². The van der Waals surface area contributed by atoms with Crippen LogP contribution in [0.3, 0.4) is 0 Å². The van der Waals surface area contributed by atoms with E-state index < -0.39 is 5.97 Å². The van der Waals surface area contributed by atoms with Gasteiger partial charge in [0.25, 0.3) is 0 Å². The van der Waals surface area contributed by atoms with E-state index in [4.69, 9.17) is 14.6 Å². The molecule has 0 aliphatic carbocycles. The molecule has 0 unspecified atom stereocenters. The summed E-state index contributed by atoms with van der Waals surface area (Å²) in [5.74, 6) is 0.486. The number of aromatic nitrogens is 1. The molecule has 0 spiro atoms. The number of benzene rings is 1. The predicted molar refractivity (Wildman–Crippen MR) is 94.1 cm³/mol. The van der Waals surface area contributed by atoms with Crippen LogP contribution in [0.15, 0.2) is 23.6 Å². The van der Waals surface area contributed by atoms with Crippen molar-refractivity contribution < 1.29 is 19.4 Å². The molecule has 6 nitrogen and oxygen atoms in total. The Kier molecular flexibility index (Phi) is 6.57. The predicted octanol–water partition coefficient (Wildman–Crippen LogP) is 2.78. The molecule has 0 saturated carbocycles. The van der Waals surface area contributed by atoms with Crippen molar-refractivity contribution >= 4 is 17.3 Å². The summed E-state index contributed by atoms with van der Waals surface area (Å²) < 4.78 is 11.5. The molecule has 0 saturated heterocycles. The number of rotatable bonds is 9. The third kappa shape index (κ3) is 5.21. The van der Waals surface area contributed by atoms with Crippen LogP contribution < -0.4 is 9.47 Å². The average molecular weight is 350 g/mol. The van der Waals surface area contributed by atoms with Crippen LogP contribution in [0.1, 0.15) is 12.6 Å². The lowest BCUT2D eigenvalue weighted by atomic mass is 10.2. The van der Waals surface area contributed by atoms with Gasteiger partial charge in [-0.2, -0.15) is 0 Å². The Morgan fingerprint density at radius 2 is 2.08 bits per heavy atom. The Labute approximate surface area is 145 Å². The largest absolute Gasteiger partial charge is 0.490 e. The van der Waals surface area contributed by atoms with Crippen molar-refractivity contribution in [3.63, 3.8) is 0 Å². The zero-order valence-corrected chi connectivity index (χ0v) is 14.9. The first-order valence-electron chi connectivity index (χ1n) is 7.70. The van der Waals surface area contributed by atoms with Gasteiger partial charge in [-0.1, -0.05) is 0 Å². The first-order chi connectivity index (χ1) is 11.5. The molecule has 1 N–H and O–H groups in total. The van der Waals surface area contributed by atoms with Crippen molar-refractivity contribution in [1.29, 1.82) is 0 Å². The van der Waals surface area contributed by atoms with Crippen LogP contribution in [0.4, 0.5) is 0 Å². The Morgan fingerprint density at radius 1 is 1.29 bits per heavy atom. The molecule has 130 valence electrons. The van der Waals surface area contributed by atoms with E-state index in [1.165, 1.54) is 11.3 Å². The van der Waals surface area contributed by atoms with Crippen molar-refractivity contribution in [2.75, 3.05) is 33.9 Å². The fraction of sp³-hybridized carbons (Fsp3) is 0.412. The molecule has 2 rings (SSSR count). The minimum absolute atomic E-state index is 0.0689. The molecule has 0 aliphatic heterocycles. The molecule has 2 aromatic rings. The van der Waals surface area contributed by atoms with Crippen LogP contribution in [-0.2, 0) is 11.2 Å². The lowest BCUT2D eigenvalue weighted by molar-refractivity contribution is -0.136. The summed E-state index contributed by atoms with van der Waals surface area (Å²) in [6.07, 6.45) is -0.0689. The van der Waals surface area contributed by atoms with E-state index in [1.54, 1.807) is 5.38 Å². The van der Waals surface area contributed by atoms with Crippen LogP contribution in [0.2, 0.25) is 0 Å². The minimum atomic E-state index is -0.883. The first kappa shape index (κ1) is 18.2. The molecule has 1 aromatic carbocycles. The number of ether oxygens (including phenoxy) is 2. The molecule has 7 heteroatoms. The van der Waals surface area contributed by atoms with Gasteiger partial charge in [-0.25, -0.2) is 4.98 Å². The van der Waals surface area contributed by atoms with Gasteiger partial charge in [0.2, 0.25) is 0 Å². The molecule has 0 amide bonds. The second kappa shape index (κ2) is 8.65. The van der Waals surface area contributed by atoms with E-state index in [1.807, 2.05) is 44.1 Å². The normalized spacial score (nSPS) is 10.8. The standard InChI is InChI=1S/C17H22N2O4S/c1-4-22-15-9-12(5-6-14(15)23-8-7-19(2)3)17-18-13(11-24-17)10-16(20)21/h5-6,9,11H,4,7-8,10H2,1-3H3,(H,20,21). The smallest absolute Gasteiger partial charge is 0.309 e. The lowest BCUT2D eigenvalue weighted by Gasteiger charge is -2.14. The van der Waals surface area contributed by atoms with Crippen molar-refractivity contribution in [3.05, 3.63) is 29.3 Å². The SMILES string of the molecule is CCOc1cc(-c2nc(CC(=O)O)cs2)ccc1OCCN(C)C. The summed E-state index contributed by atoms with van der Waals surface area (Å²) >= 11 is 1.42. The van der Waals surface area contributed by atoms with E-state index in [2.05, 4.69) is 4.98 Å². The van der Waals surface area contributed by atoms with Crippen LogP contribution in [0.5, 0.6) is 11.5 Å². The van der Waals surface area contributed by atoms with Gasteiger partial charge in [0.1, 0.15) is 11.6 Å². The summed E-state index contributed by atoms with van der Waals surface area (Å²) in [5.41, 5.74) is 1.45. The maximum Gasteiger partial charge on any atom is 0.309 e. The van der Waals surface area contributed by atoms with E-state index in [0.29, 0.717) is 30.4 Å². The van der Waals surface area contributed by atoms with Gasteiger partial charge >= 0.3 is 5.97 Å². The second-order valence-electron chi connectivity index (χ2n) is 5.46. The average Bonchev–Trinajstić information content (AvgIpc) is 2.96. The number of nitrogens with zero attached hydrogens (tertiary/aromatic N) is 2. The van der Waals surface area contributed by atoms with E-state index in [0.717, 1.165) is 17.1 Å². The number of hydrogen-bond acceptors (Lipinski definition) is 6. The Balaban J connectivity index is 2.17. The van der Waals surface area contributed by atoms with Gasteiger partial charge in [-0.15, -0.1) is 11.3 Å². The van der Waals surface area contributed by atoms with Gasteiger partial charge < -0.3 is 19.5 Å². The third-order valence-corrected chi connectivity index (χ3v) is 4.11. The molecule has 1 aromatic heterocycles. The molecule has 0 atom stereocenters. The lowest BCUT2D eigenvalue weighted by Crippen LogP contribution is -2.19. The highest BCUT2D eigenvalue weighted by atomic mass is 32.1. The highest BCUT2D eigenvalue weighted by molar-refractivity contribution is 7.13. The topological polar surface area (TPSA) is 71.9 Å². The Morgan fingerprint density at radius 3 is 2.75 bits per heavy atom. The highest BCUT2D eigenvalue weighted by Crippen LogP contribution is 2.34. The molecular weight excluding hydrogens is 328 g/mol. The van der Waals surface area contributed by atoms with Crippen molar-refractivity contribution in [3.8, 4) is 22.1 Å². The maximum absolute atomic E-state index is 10.8. The van der Waals surface area contributed by atoms with E-state index in [-0.39, 0.29) is 6.42 Å². The molecule has 1 heterocycles. The highest BCUT2D eigenvalue weighted by Gasteiger charge is 2.12.